The predicted molar refractivity (Wildman–Crippen MR) is 100 cm³/mol. The fraction of sp³-hybridized carbons (Fsp3) is 0.273. The van der Waals surface area contributed by atoms with Crippen LogP contribution in [0.1, 0.15) is 31.9 Å². The van der Waals surface area contributed by atoms with Gasteiger partial charge in [0.15, 0.2) is 28.9 Å². The van der Waals surface area contributed by atoms with Crippen molar-refractivity contribution < 1.29 is 31.5 Å². The Morgan fingerprint density at radius 3 is 2.45 bits per heavy atom. The highest BCUT2D eigenvalue weighted by atomic mass is 19.2. The molecule has 4 rings (SSSR count). The van der Waals surface area contributed by atoms with Crippen molar-refractivity contribution >= 4 is 16.7 Å². The fourth-order valence-electron chi connectivity index (χ4n) is 3.49. The average Bonchev–Trinajstić information content (AvgIpc) is 3.01. The minimum Gasteiger partial charge on any atom is -0.491 e. The summed E-state index contributed by atoms with van der Waals surface area (Å²) in [6.45, 7) is 2.12. The number of ether oxygens (including phenoxy) is 2. The largest absolute Gasteiger partial charge is 0.491 e. The first-order valence-electron chi connectivity index (χ1n) is 9.25. The third kappa shape index (κ3) is 3.14. The maximum atomic E-state index is 15.1. The summed E-state index contributed by atoms with van der Waals surface area (Å²) in [4.78, 5) is 0. The number of methoxy groups -OCH3 is 1. The lowest BCUT2D eigenvalue weighted by Gasteiger charge is -2.21. The van der Waals surface area contributed by atoms with Crippen LogP contribution in [-0.4, -0.2) is 13.7 Å². The molecule has 2 aromatic carbocycles. The minimum absolute atomic E-state index is 0.148. The number of hydrogen-bond acceptors (Lipinski definition) is 3. The second kappa shape index (κ2) is 7.46. The molecule has 0 spiro atoms. The highest BCUT2D eigenvalue weighted by Crippen LogP contribution is 2.45. The number of benzene rings is 2. The van der Waals surface area contributed by atoms with Crippen molar-refractivity contribution in [2.45, 2.75) is 26.2 Å². The van der Waals surface area contributed by atoms with Crippen molar-refractivity contribution in [3.8, 4) is 16.9 Å². The van der Waals surface area contributed by atoms with Crippen LogP contribution in [0.2, 0.25) is 0 Å². The van der Waals surface area contributed by atoms with Gasteiger partial charge in [0, 0.05) is 22.6 Å². The Bertz CT molecular complexity index is 1130. The van der Waals surface area contributed by atoms with Gasteiger partial charge >= 0.3 is 0 Å². The lowest BCUT2D eigenvalue weighted by Crippen LogP contribution is -2.05. The molecule has 0 radical (unpaired) electrons. The highest BCUT2D eigenvalue weighted by molar-refractivity contribution is 6.00. The molecule has 1 aliphatic rings. The van der Waals surface area contributed by atoms with Gasteiger partial charge in [0.05, 0.1) is 13.7 Å². The number of allylic oxidation sites excluding steroid dienone is 1. The molecule has 0 amide bonds. The van der Waals surface area contributed by atoms with E-state index in [0.29, 0.717) is 17.8 Å². The molecule has 1 fully saturated rings. The van der Waals surface area contributed by atoms with Gasteiger partial charge in [-0.05, 0) is 50.0 Å². The Morgan fingerprint density at radius 1 is 1.07 bits per heavy atom. The molecule has 1 saturated carbocycles. The Balaban J connectivity index is 2.08. The molecule has 3 nitrogen and oxygen atoms in total. The topological polar surface area (TPSA) is 31.6 Å². The van der Waals surface area contributed by atoms with Gasteiger partial charge in [0.1, 0.15) is 11.4 Å². The Morgan fingerprint density at radius 2 is 1.83 bits per heavy atom. The standard InChI is InChI=1S/C22H18F4O3/c1-3-28-20(11-5-4-6-11)21-17(13-8-7-12(23)9-16(13)29-21)14-10-15(24)19(26)22(27-2)18(14)25/h7-10H,3-6H2,1-2H3. The lowest BCUT2D eigenvalue weighted by atomic mass is 9.89. The molecule has 7 heteroatoms. The van der Waals surface area contributed by atoms with E-state index < -0.39 is 29.0 Å². The molecule has 0 N–H and O–H groups in total. The molecular formula is C22H18F4O3. The number of halogens is 4. The molecule has 1 heterocycles. The van der Waals surface area contributed by atoms with Crippen molar-refractivity contribution in [2.24, 2.45) is 0 Å². The summed E-state index contributed by atoms with van der Waals surface area (Å²) in [5, 5.41) is 0.352. The summed E-state index contributed by atoms with van der Waals surface area (Å²) < 4.78 is 73.4. The first-order chi connectivity index (χ1) is 14.0. The fourth-order valence-corrected chi connectivity index (χ4v) is 3.49. The first kappa shape index (κ1) is 19.4. The number of hydrogen-bond donors (Lipinski definition) is 0. The summed E-state index contributed by atoms with van der Waals surface area (Å²) >= 11 is 0. The van der Waals surface area contributed by atoms with E-state index in [-0.39, 0.29) is 22.5 Å². The number of rotatable bonds is 5. The van der Waals surface area contributed by atoms with Crippen molar-refractivity contribution in [3.05, 3.63) is 58.9 Å². The quantitative estimate of drug-likeness (QED) is 0.272. The van der Waals surface area contributed by atoms with Crippen molar-refractivity contribution in [1.82, 2.24) is 0 Å². The van der Waals surface area contributed by atoms with Gasteiger partial charge in [-0.2, -0.15) is 4.39 Å². The Labute approximate surface area is 164 Å². The van der Waals surface area contributed by atoms with E-state index in [1.807, 2.05) is 0 Å². The molecule has 1 aliphatic carbocycles. The third-order valence-corrected chi connectivity index (χ3v) is 5.01. The monoisotopic (exact) mass is 406 g/mol. The van der Waals surface area contributed by atoms with Crippen molar-refractivity contribution in [2.75, 3.05) is 13.7 Å². The zero-order valence-corrected chi connectivity index (χ0v) is 15.9. The maximum absolute atomic E-state index is 15.1. The molecular weight excluding hydrogens is 388 g/mol. The van der Waals surface area contributed by atoms with Gasteiger partial charge in [-0.15, -0.1) is 0 Å². The second-order valence-corrected chi connectivity index (χ2v) is 6.73. The van der Waals surface area contributed by atoms with E-state index in [4.69, 9.17) is 13.9 Å². The van der Waals surface area contributed by atoms with Crippen LogP contribution in [0, 0.1) is 23.3 Å². The zero-order chi connectivity index (χ0) is 20.7. The van der Waals surface area contributed by atoms with Crippen molar-refractivity contribution in [3.63, 3.8) is 0 Å². The summed E-state index contributed by atoms with van der Waals surface area (Å²) in [5.74, 6) is -4.55. The van der Waals surface area contributed by atoms with Crippen LogP contribution in [0.3, 0.4) is 0 Å². The first-order valence-corrected chi connectivity index (χ1v) is 9.25. The van der Waals surface area contributed by atoms with E-state index in [1.54, 1.807) is 6.92 Å². The van der Waals surface area contributed by atoms with E-state index in [2.05, 4.69) is 0 Å². The lowest BCUT2D eigenvalue weighted by molar-refractivity contribution is 0.281. The molecule has 1 aromatic heterocycles. The van der Waals surface area contributed by atoms with Crippen LogP contribution in [0.5, 0.6) is 5.75 Å². The van der Waals surface area contributed by atoms with Gasteiger partial charge in [-0.3, -0.25) is 0 Å². The molecule has 0 unspecified atom stereocenters. The molecule has 0 saturated heterocycles. The van der Waals surface area contributed by atoms with E-state index in [0.717, 1.165) is 44.1 Å². The minimum atomic E-state index is -1.42. The summed E-state index contributed by atoms with van der Waals surface area (Å²) in [6.07, 6.45) is 2.54. The second-order valence-electron chi connectivity index (χ2n) is 6.73. The number of furan rings is 1. The van der Waals surface area contributed by atoms with Crippen molar-refractivity contribution in [1.29, 1.82) is 0 Å². The van der Waals surface area contributed by atoms with Gasteiger partial charge in [-0.25, -0.2) is 13.2 Å². The van der Waals surface area contributed by atoms with Crippen LogP contribution in [0.25, 0.3) is 27.9 Å². The maximum Gasteiger partial charge on any atom is 0.203 e. The molecule has 3 aromatic rings. The van der Waals surface area contributed by atoms with E-state index in [9.17, 15) is 13.2 Å². The average molecular weight is 406 g/mol. The molecule has 0 bridgehead atoms. The highest BCUT2D eigenvalue weighted by Gasteiger charge is 2.30. The van der Waals surface area contributed by atoms with Crippen LogP contribution < -0.4 is 4.74 Å². The van der Waals surface area contributed by atoms with Crippen LogP contribution in [0.15, 0.2) is 34.3 Å². The van der Waals surface area contributed by atoms with Crippen LogP contribution in [-0.2, 0) is 4.74 Å². The van der Waals surface area contributed by atoms with E-state index >= 15 is 4.39 Å². The van der Waals surface area contributed by atoms with Crippen LogP contribution >= 0.6 is 0 Å². The van der Waals surface area contributed by atoms with Gasteiger partial charge in [0.25, 0.3) is 0 Å². The smallest absolute Gasteiger partial charge is 0.203 e. The molecule has 29 heavy (non-hydrogen) atoms. The predicted octanol–water partition coefficient (Wildman–Crippen LogP) is 6.60. The zero-order valence-electron chi connectivity index (χ0n) is 15.9. The van der Waals surface area contributed by atoms with E-state index in [1.165, 1.54) is 12.1 Å². The Hall–Kier alpha value is -2.96. The normalized spacial score (nSPS) is 13.5. The summed E-state index contributed by atoms with van der Waals surface area (Å²) in [5.41, 5.74) is 1.04. The Kier molecular flexibility index (Phi) is 4.98. The van der Waals surface area contributed by atoms with Gasteiger partial charge < -0.3 is 13.9 Å². The van der Waals surface area contributed by atoms with Crippen LogP contribution in [0.4, 0.5) is 17.6 Å². The third-order valence-electron chi connectivity index (χ3n) is 5.01. The summed E-state index contributed by atoms with van der Waals surface area (Å²) in [6, 6.07) is 4.51. The molecule has 0 atom stereocenters. The number of fused-ring (bicyclic) bond motifs is 1. The SMILES string of the molecule is CCOC(=C1CCC1)c1oc2cc(F)ccc2c1-c1cc(F)c(F)c(OC)c1F. The molecule has 0 aliphatic heterocycles. The van der Waals surface area contributed by atoms with Gasteiger partial charge in [-0.1, -0.05) is 0 Å². The molecule has 152 valence electrons. The van der Waals surface area contributed by atoms with Gasteiger partial charge in [0.2, 0.25) is 5.82 Å². The summed E-state index contributed by atoms with van der Waals surface area (Å²) in [7, 11) is 1.05.